The van der Waals surface area contributed by atoms with E-state index in [9.17, 15) is 0 Å². The normalized spacial score (nSPS) is 14.1. The van der Waals surface area contributed by atoms with Crippen molar-refractivity contribution < 1.29 is 4.42 Å². The molecule has 0 aliphatic heterocycles. The van der Waals surface area contributed by atoms with Crippen molar-refractivity contribution in [2.24, 2.45) is 0 Å². The van der Waals surface area contributed by atoms with Crippen molar-refractivity contribution in [3.8, 4) is 44.5 Å². The predicted molar refractivity (Wildman–Crippen MR) is 273 cm³/mol. The Kier molecular flexibility index (Phi) is 8.75. The molecule has 2 aliphatic carbocycles. The van der Waals surface area contributed by atoms with Crippen molar-refractivity contribution in [3.05, 3.63) is 277 Å². The fourth-order valence-electron chi connectivity index (χ4n) is 10.8. The van der Waals surface area contributed by atoms with Crippen LogP contribution in [0.25, 0.3) is 55.5 Å². The summed E-state index contributed by atoms with van der Waals surface area (Å²) in [6.45, 7) is 0. The van der Waals surface area contributed by atoms with Crippen LogP contribution in [0.5, 0.6) is 0 Å². The molecule has 0 amide bonds. The van der Waals surface area contributed by atoms with E-state index in [1.165, 1.54) is 50.1 Å². The maximum atomic E-state index is 7.18. The minimum atomic E-state index is -0.642. The topological polar surface area (TPSA) is 19.6 Å². The Bertz CT molecular complexity index is 3490. The summed E-state index contributed by atoms with van der Waals surface area (Å²) in [5.41, 5.74) is 20.2. The zero-order valence-electron chi connectivity index (χ0n) is 36.1. The Morgan fingerprint density at radius 2 is 0.697 bits per heavy atom. The summed E-state index contributed by atoms with van der Waals surface area (Å²) in [6.07, 6.45) is 0. The number of para-hydroxylation sites is 5. The molecule has 0 saturated heterocycles. The van der Waals surface area contributed by atoms with E-state index in [-0.39, 0.29) is 0 Å². The summed E-state index contributed by atoms with van der Waals surface area (Å²) in [6, 6.07) is 91.9. The van der Waals surface area contributed by atoms with Crippen LogP contribution in [-0.4, -0.2) is 0 Å². The monoisotopic (exact) mass is 842 g/mol. The highest BCUT2D eigenvalue weighted by molar-refractivity contribution is 6.05. The Balaban J connectivity index is 0.942. The van der Waals surface area contributed by atoms with Crippen LogP contribution < -0.4 is 9.80 Å². The van der Waals surface area contributed by atoms with Gasteiger partial charge in [0.15, 0.2) is 0 Å². The van der Waals surface area contributed by atoms with Crippen molar-refractivity contribution in [1.82, 2.24) is 0 Å². The van der Waals surface area contributed by atoms with Crippen LogP contribution in [0.3, 0.4) is 0 Å². The lowest BCUT2D eigenvalue weighted by Gasteiger charge is -2.29. The second-order valence-corrected chi connectivity index (χ2v) is 17.2. The van der Waals surface area contributed by atoms with Gasteiger partial charge in [-0.1, -0.05) is 164 Å². The van der Waals surface area contributed by atoms with Crippen molar-refractivity contribution >= 4 is 45.1 Å². The van der Waals surface area contributed by atoms with Gasteiger partial charge in [0.25, 0.3) is 0 Å². The molecule has 1 unspecified atom stereocenters. The Morgan fingerprint density at radius 1 is 0.288 bits per heavy atom. The number of hydrogen-bond acceptors (Lipinski definition) is 3. The maximum absolute atomic E-state index is 7.18. The van der Waals surface area contributed by atoms with Gasteiger partial charge in [-0.05, 0) is 147 Å². The highest BCUT2D eigenvalue weighted by Gasteiger charge is 2.55. The van der Waals surface area contributed by atoms with Crippen LogP contribution in [0.15, 0.2) is 259 Å². The van der Waals surface area contributed by atoms with Gasteiger partial charge in [-0.25, -0.2) is 0 Å². The van der Waals surface area contributed by atoms with Crippen LogP contribution in [-0.2, 0) is 5.41 Å². The molecule has 66 heavy (non-hydrogen) atoms. The first kappa shape index (κ1) is 37.9. The van der Waals surface area contributed by atoms with Crippen LogP contribution >= 0.6 is 0 Å². The third-order valence-corrected chi connectivity index (χ3v) is 13.6. The summed E-state index contributed by atoms with van der Waals surface area (Å²) in [4.78, 5) is 4.62. The Labute approximate surface area is 384 Å². The third kappa shape index (κ3) is 5.84. The van der Waals surface area contributed by atoms with Crippen molar-refractivity contribution in [2.75, 3.05) is 9.80 Å². The number of nitrogens with zero attached hydrogens (tertiary/aromatic N) is 2. The van der Waals surface area contributed by atoms with Gasteiger partial charge in [0, 0.05) is 45.1 Å². The maximum Gasteiger partial charge on any atom is 0.135 e. The standard InChI is InChI=1S/C63H42N2O/c1-5-17-47(18-6-1)64(48-19-7-2-8-20-48)51-35-29-43(30-36-51)45-34-40-58-56(41-45)61-55-26-14-16-28-60(55)66-62(61)63(58)57-27-15-13-25-53(57)54-39-33-46(42-59(54)63)44-31-37-52(38-32-44)65(49-21-9-3-10-22-49)50-23-11-4-12-24-50/h1-42H. The van der Waals surface area contributed by atoms with Crippen LogP contribution in [0.1, 0.15) is 22.5 Å². The van der Waals surface area contributed by atoms with Gasteiger partial charge >= 0.3 is 0 Å². The molecule has 1 heterocycles. The second-order valence-electron chi connectivity index (χ2n) is 17.2. The number of furan rings is 1. The van der Waals surface area contributed by atoms with Crippen LogP contribution in [0.2, 0.25) is 0 Å². The third-order valence-electron chi connectivity index (χ3n) is 13.6. The number of benzene rings is 10. The van der Waals surface area contributed by atoms with Crippen molar-refractivity contribution in [3.63, 3.8) is 0 Å². The molecule has 3 heteroatoms. The van der Waals surface area contributed by atoms with Crippen LogP contribution in [0, 0.1) is 0 Å². The lowest BCUT2D eigenvalue weighted by Crippen LogP contribution is -2.25. The smallest absolute Gasteiger partial charge is 0.135 e. The largest absolute Gasteiger partial charge is 0.459 e. The summed E-state index contributed by atoms with van der Waals surface area (Å²) < 4.78 is 7.18. The van der Waals surface area contributed by atoms with Gasteiger partial charge in [0.05, 0.1) is 0 Å². The zero-order valence-corrected chi connectivity index (χ0v) is 36.1. The summed E-state index contributed by atoms with van der Waals surface area (Å²) in [7, 11) is 0. The van der Waals surface area contributed by atoms with Gasteiger partial charge < -0.3 is 14.2 Å². The number of rotatable bonds is 8. The SMILES string of the molecule is c1ccc(N(c2ccccc2)c2ccc(-c3ccc4c(c3)-c3c(oc5ccccc35)C43c4ccccc4-c4ccc(-c5ccc(N(c6ccccc6)c6ccccc6)cc5)cc43)cc2)cc1. The quantitative estimate of drug-likeness (QED) is 0.152. The van der Waals surface area contributed by atoms with E-state index < -0.39 is 5.41 Å². The average molecular weight is 843 g/mol. The van der Waals surface area contributed by atoms with E-state index in [0.717, 1.165) is 62.0 Å². The van der Waals surface area contributed by atoms with Crippen molar-refractivity contribution in [2.45, 2.75) is 5.41 Å². The van der Waals surface area contributed by atoms with Gasteiger partial charge in [0.1, 0.15) is 16.8 Å². The molecule has 11 aromatic rings. The molecular formula is C63H42N2O. The van der Waals surface area contributed by atoms with Crippen molar-refractivity contribution in [1.29, 1.82) is 0 Å². The first-order valence-corrected chi connectivity index (χ1v) is 22.7. The molecule has 1 atom stereocenters. The molecule has 3 nitrogen and oxygen atoms in total. The molecule has 0 radical (unpaired) electrons. The highest BCUT2D eigenvalue weighted by atomic mass is 16.3. The molecule has 0 fully saturated rings. The molecule has 10 aromatic carbocycles. The average Bonchev–Trinajstić information content (AvgIpc) is 4.02. The first-order chi connectivity index (χ1) is 32.7. The van der Waals surface area contributed by atoms with Gasteiger partial charge in [0.2, 0.25) is 0 Å². The molecule has 13 rings (SSSR count). The summed E-state index contributed by atoms with van der Waals surface area (Å²) >= 11 is 0. The highest BCUT2D eigenvalue weighted by Crippen LogP contribution is 2.65. The summed E-state index contributed by atoms with van der Waals surface area (Å²) in [5.74, 6) is 0.993. The Hall–Kier alpha value is -8.66. The zero-order chi connectivity index (χ0) is 43.6. The molecule has 1 spiro atoms. The molecule has 1 aromatic heterocycles. The lowest BCUT2D eigenvalue weighted by atomic mass is 9.72. The fraction of sp³-hybridized carbons (Fsp3) is 0.0159. The molecule has 0 bridgehead atoms. The van der Waals surface area contributed by atoms with E-state index >= 15 is 0 Å². The molecule has 0 saturated carbocycles. The van der Waals surface area contributed by atoms with E-state index in [2.05, 4.69) is 265 Å². The van der Waals surface area contributed by atoms with E-state index in [4.69, 9.17) is 4.42 Å². The predicted octanol–water partition coefficient (Wildman–Crippen LogP) is 17.0. The minimum absolute atomic E-state index is 0.642. The van der Waals surface area contributed by atoms with E-state index in [0.29, 0.717) is 0 Å². The van der Waals surface area contributed by atoms with Crippen LogP contribution in [0.4, 0.5) is 34.1 Å². The first-order valence-electron chi connectivity index (χ1n) is 22.7. The number of anilines is 6. The van der Waals surface area contributed by atoms with Gasteiger partial charge in [-0.3, -0.25) is 0 Å². The molecule has 0 N–H and O–H groups in total. The minimum Gasteiger partial charge on any atom is -0.459 e. The molecule has 2 aliphatic rings. The van der Waals surface area contributed by atoms with E-state index in [1.807, 2.05) is 0 Å². The molecular weight excluding hydrogens is 801 g/mol. The second kappa shape index (κ2) is 15.3. The van der Waals surface area contributed by atoms with E-state index in [1.54, 1.807) is 0 Å². The lowest BCUT2D eigenvalue weighted by molar-refractivity contribution is 0.507. The number of hydrogen-bond donors (Lipinski definition) is 0. The Morgan fingerprint density at radius 3 is 1.26 bits per heavy atom. The van der Waals surface area contributed by atoms with Gasteiger partial charge in [-0.2, -0.15) is 0 Å². The fourth-order valence-corrected chi connectivity index (χ4v) is 10.8. The number of fused-ring (bicyclic) bond motifs is 12. The summed E-state index contributed by atoms with van der Waals surface area (Å²) in [5, 5.41) is 1.14. The van der Waals surface area contributed by atoms with Gasteiger partial charge in [-0.15, -0.1) is 0 Å². The molecule has 310 valence electrons.